The summed E-state index contributed by atoms with van der Waals surface area (Å²) in [5.41, 5.74) is 9.69. The second kappa shape index (κ2) is 8.99. The van der Waals surface area contributed by atoms with Crippen LogP contribution in [0.25, 0.3) is 33.1 Å². The lowest BCUT2D eigenvalue weighted by atomic mass is 9.67. The maximum atomic E-state index is 13.0. The Morgan fingerprint density at radius 2 is 1.18 bits per heavy atom. The van der Waals surface area contributed by atoms with Crippen molar-refractivity contribution in [3.63, 3.8) is 0 Å². The van der Waals surface area contributed by atoms with E-state index in [4.69, 9.17) is 4.42 Å². The van der Waals surface area contributed by atoms with Gasteiger partial charge >= 0.3 is 0 Å². The first kappa shape index (κ1) is 23.5. The van der Waals surface area contributed by atoms with Crippen molar-refractivity contribution in [2.45, 2.75) is 32.1 Å². The molecule has 3 nitrogen and oxygen atoms in total. The van der Waals surface area contributed by atoms with Gasteiger partial charge in [0.15, 0.2) is 0 Å². The Balaban J connectivity index is 1.33. The highest BCUT2D eigenvalue weighted by Crippen LogP contribution is 2.54. The van der Waals surface area contributed by atoms with E-state index in [0.717, 1.165) is 29.7 Å². The summed E-state index contributed by atoms with van der Waals surface area (Å²) in [4.78, 5) is 15.4. The van der Waals surface area contributed by atoms with Crippen molar-refractivity contribution in [2.24, 2.45) is 0 Å². The Hall–Kier alpha value is -4.63. The van der Waals surface area contributed by atoms with Gasteiger partial charge in [-0.1, -0.05) is 80.6 Å². The molecule has 0 N–H and O–H groups in total. The highest BCUT2D eigenvalue weighted by Gasteiger charge is 2.40. The van der Waals surface area contributed by atoms with Gasteiger partial charge in [0.25, 0.3) is 0 Å². The molecule has 0 saturated heterocycles. The topological polar surface area (TPSA) is 33.5 Å². The lowest BCUT2D eigenvalue weighted by Gasteiger charge is -2.45. The van der Waals surface area contributed by atoms with Gasteiger partial charge in [0.2, 0.25) is 5.43 Å². The minimum absolute atomic E-state index is 0.00279. The third kappa shape index (κ3) is 3.46. The lowest BCUT2D eigenvalue weighted by Crippen LogP contribution is -2.34. The normalized spacial score (nSPS) is 13.8. The molecule has 0 saturated carbocycles. The van der Waals surface area contributed by atoms with E-state index in [9.17, 15) is 4.79 Å². The van der Waals surface area contributed by atoms with Crippen molar-refractivity contribution in [2.75, 3.05) is 4.90 Å². The van der Waals surface area contributed by atoms with Crippen LogP contribution in [0.3, 0.4) is 0 Å². The fourth-order valence-corrected chi connectivity index (χ4v) is 6.50. The fourth-order valence-electron chi connectivity index (χ4n) is 6.50. The van der Waals surface area contributed by atoms with Gasteiger partial charge in [-0.15, -0.1) is 0 Å². The molecule has 3 heteroatoms. The second-order valence-electron chi connectivity index (χ2n) is 10.3. The zero-order valence-electron chi connectivity index (χ0n) is 22.1. The van der Waals surface area contributed by atoms with E-state index >= 15 is 0 Å². The number of hydrogen-bond acceptors (Lipinski definition) is 3. The van der Waals surface area contributed by atoms with Crippen molar-refractivity contribution in [1.29, 1.82) is 0 Å². The van der Waals surface area contributed by atoms with Crippen molar-refractivity contribution in [1.82, 2.24) is 0 Å². The van der Waals surface area contributed by atoms with Crippen LogP contribution in [0, 0.1) is 0 Å². The van der Waals surface area contributed by atoms with Gasteiger partial charge < -0.3 is 9.32 Å². The highest BCUT2D eigenvalue weighted by atomic mass is 16.3. The summed E-state index contributed by atoms with van der Waals surface area (Å²) in [6.07, 6.45) is 2.11. The summed E-state index contributed by atoms with van der Waals surface area (Å²) < 4.78 is 6.12. The standard InChI is InChI=1S/C36H29NO2/c1-3-36(4-2)29-12-6-8-14-31(29)37(32-15-9-7-13-30(32)36)26-20-17-24(18-21-26)25-19-22-28-34(23-25)39-33-16-10-5-11-27(33)35(28)38/h5-23H,3-4H2,1-2H3. The molecular formula is C36H29NO2. The summed E-state index contributed by atoms with van der Waals surface area (Å²) in [6.45, 7) is 4.60. The minimum Gasteiger partial charge on any atom is -0.456 e. The maximum Gasteiger partial charge on any atom is 0.200 e. The van der Waals surface area contributed by atoms with Crippen LogP contribution in [0.5, 0.6) is 0 Å². The Morgan fingerprint density at radius 1 is 0.615 bits per heavy atom. The van der Waals surface area contributed by atoms with E-state index in [1.54, 1.807) is 0 Å². The molecule has 1 aliphatic rings. The molecule has 0 atom stereocenters. The zero-order valence-corrected chi connectivity index (χ0v) is 22.1. The Morgan fingerprint density at radius 3 is 1.85 bits per heavy atom. The predicted octanol–water partition coefficient (Wildman–Crippen LogP) is 9.50. The lowest BCUT2D eigenvalue weighted by molar-refractivity contribution is 0.474. The number of rotatable bonds is 4. The van der Waals surface area contributed by atoms with Crippen molar-refractivity contribution in [3.8, 4) is 11.1 Å². The van der Waals surface area contributed by atoms with Crippen LogP contribution < -0.4 is 10.3 Å². The number of anilines is 3. The quantitative estimate of drug-likeness (QED) is 0.223. The van der Waals surface area contributed by atoms with Crippen LogP contribution in [0.15, 0.2) is 124 Å². The van der Waals surface area contributed by atoms with Crippen LogP contribution >= 0.6 is 0 Å². The monoisotopic (exact) mass is 507 g/mol. The third-order valence-corrected chi connectivity index (χ3v) is 8.56. The average molecular weight is 508 g/mol. The van der Waals surface area contributed by atoms with Gasteiger partial charge in [-0.3, -0.25) is 4.79 Å². The fraction of sp³-hybridized carbons (Fsp3) is 0.139. The molecule has 190 valence electrons. The van der Waals surface area contributed by atoms with E-state index in [1.807, 2.05) is 42.5 Å². The van der Waals surface area contributed by atoms with Crippen LogP contribution in [0.4, 0.5) is 17.1 Å². The van der Waals surface area contributed by atoms with Crippen molar-refractivity contribution in [3.05, 3.63) is 137 Å². The molecule has 6 aromatic rings. The molecule has 39 heavy (non-hydrogen) atoms. The van der Waals surface area contributed by atoms with Crippen LogP contribution in [-0.2, 0) is 5.41 Å². The van der Waals surface area contributed by atoms with E-state index in [0.29, 0.717) is 21.9 Å². The average Bonchev–Trinajstić information content (AvgIpc) is 3.00. The first-order valence-corrected chi connectivity index (χ1v) is 13.7. The van der Waals surface area contributed by atoms with Gasteiger partial charge in [0.05, 0.1) is 22.1 Å². The molecule has 0 amide bonds. The number of para-hydroxylation sites is 3. The SMILES string of the molecule is CCC1(CC)c2ccccc2N(c2ccc(-c3ccc4c(=O)c5ccccc5oc4c3)cc2)c2ccccc21. The van der Waals surface area contributed by atoms with Gasteiger partial charge in [-0.25, -0.2) is 0 Å². The first-order chi connectivity index (χ1) is 19.1. The molecule has 0 bridgehead atoms. The van der Waals surface area contributed by atoms with Crippen LogP contribution in [0.2, 0.25) is 0 Å². The minimum atomic E-state index is 0.00279. The molecule has 0 spiro atoms. The molecule has 5 aromatic carbocycles. The number of fused-ring (bicyclic) bond motifs is 4. The number of nitrogens with zero attached hydrogens (tertiary/aromatic N) is 1. The Bertz CT molecular complexity index is 1860. The molecule has 0 unspecified atom stereocenters. The summed E-state index contributed by atoms with van der Waals surface area (Å²) in [7, 11) is 0. The van der Waals surface area contributed by atoms with Crippen LogP contribution in [-0.4, -0.2) is 0 Å². The van der Waals surface area contributed by atoms with Gasteiger partial charge in [0.1, 0.15) is 11.2 Å². The maximum absolute atomic E-state index is 13.0. The smallest absolute Gasteiger partial charge is 0.200 e. The number of benzene rings is 5. The summed E-state index contributed by atoms with van der Waals surface area (Å²) in [5, 5.41) is 1.21. The highest BCUT2D eigenvalue weighted by molar-refractivity contribution is 5.92. The first-order valence-electron chi connectivity index (χ1n) is 13.7. The van der Waals surface area contributed by atoms with E-state index in [-0.39, 0.29) is 10.8 Å². The zero-order chi connectivity index (χ0) is 26.6. The summed E-state index contributed by atoms with van der Waals surface area (Å²) in [6, 6.07) is 39.6. The third-order valence-electron chi connectivity index (χ3n) is 8.56. The van der Waals surface area contributed by atoms with Crippen molar-refractivity contribution >= 4 is 39.0 Å². The molecule has 7 rings (SSSR count). The Labute approximate surface area is 228 Å². The Kier molecular flexibility index (Phi) is 5.41. The van der Waals surface area contributed by atoms with Gasteiger partial charge in [-0.05, 0) is 83.6 Å². The van der Waals surface area contributed by atoms with Crippen LogP contribution in [0.1, 0.15) is 37.8 Å². The number of hydrogen-bond donors (Lipinski definition) is 0. The molecule has 0 aliphatic carbocycles. The van der Waals surface area contributed by atoms with E-state index in [2.05, 4.69) is 91.5 Å². The molecule has 0 fully saturated rings. The molecular weight excluding hydrogens is 478 g/mol. The molecule has 1 aliphatic heterocycles. The molecule has 1 aromatic heterocycles. The van der Waals surface area contributed by atoms with Gasteiger partial charge in [-0.2, -0.15) is 0 Å². The van der Waals surface area contributed by atoms with Crippen molar-refractivity contribution < 1.29 is 4.42 Å². The summed E-state index contributed by atoms with van der Waals surface area (Å²) in [5.74, 6) is 0. The van der Waals surface area contributed by atoms with Gasteiger partial charge in [0, 0.05) is 11.1 Å². The predicted molar refractivity (Wildman–Crippen MR) is 161 cm³/mol. The van der Waals surface area contributed by atoms with E-state index in [1.165, 1.54) is 22.5 Å². The summed E-state index contributed by atoms with van der Waals surface area (Å²) >= 11 is 0. The largest absolute Gasteiger partial charge is 0.456 e. The van der Waals surface area contributed by atoms with E-state index < -0.39 is 0 Å². The molecule has 0 radical (unpaired) electrons. The second-order valence-corrected chi connectivity index (χ2v) is 10.3. The molecule has 2 heterocycles.